The van der Waals surface area contributed by atoms with Gasteiger partial charge >= 0.3 is 0 Å². The minimum absolute atomic E-state index is 0.0446. The normalized spacial score (nSPS) is 13.1. The number of hydrogen-bond acceptors (Lipinski definition) is 8. The Bertz CT molecular complexity index is 1260. The highest BCUT2D eigenvalue weighted by atomic mass is 16.5. The molecule has 11 nitrogen and oxygen atoms in total. The monoisotopic (exact) mass is 431 g/mol. The molecule has 0 saturated heterocycles. The number of anilines is 3. The van der Waals surface area contributed by atoms with Crippen molar-refractivity contribution in [3.05, 3.63) is 43.0 Å². The lowest BCUT2D eigenvalue weighted by Crippen LogP contribution is -2.15. The van der Waals surface area contributed by atoms with Crippen LogP contribution in [-0.4, -0.2) is 47.9 Å². The van der Waals surface area contributed by atoms with Gasteiger partial charge in [0.25, 0.3) is 0 Å². The molecule has 0 radical (unpaired) electrons. The molecule has 3 heterocycles. The fraction of sp³-hybridized carbons (Fsp3) is 0.238. The van der Waals surface area contributed by atoms with E-state index in [0.717, 1.165) is 18.4 Å². The minimum atomic E-state index is -0.0446. The van der Waals surface area contributed by atoms with E-state index in [2.05, 4.69) is 40.9 Å². The Morgan fingerprint density at radius 3 is 2.78 bits per heavy atom. The number of H-pyrrole nitrogens is 1. The summed E-state index contributed by atoms with van der Waals surface area (Å²) in [6, 6.07) is 7.38. The minimum Gasteiger partial charge on any atom is -0.494 e. The molecule has 3 N–H and O–H groups in total. The number of nitrogens with one attached hydrogen (secondary N) is 3. The zero-order valence-corrected chi connectivity index (χ0v) is 17.5. The predicted molar refractivity (Wildman–Crippen MR) is 117 cm³/mol. The molecule has 1 fully saturated rings. The number of carbonyl (C=O) groups excluding carboxylic acids is 1. The van der Waals surface area contributed by atoms with Crippen LogP contribution < -0.4 is 15.4 Å². The first-order valence-electron chi connectivity index (χ1n) is 10.1. The van der Waals surface area contributed by atoms with E-state index in [-0.39, 0.29) is 11.8 Å². The van der Waals surface area contributed by atoms with Gasteiger partial charge in [0.1, 0.15) is 6.33 Å². The molecule has 1 amide bonds. The van der Waals surface area contributed by atoms with Crippen LogP contribution in [0.3, 0.4) is 0 Å². The average molecular weight is 431 g/mol. The third-order valence-electron chi connectivity index (χ3n) is 5.04. The number of aromatic nitrogens is 7. The van der Waals surface area contributed by atoms with Crippen molar-refractivity contribution in [1.29, 1.82) is 0 Å². The van der Waals surface area contributed by atoms with Gasteiger partial charge in [0.05, 0.1) is 24.0 Å². The molecule has 1 aromatic carbocycles. The standard InChI is InChI=1S/C21H21N9O2/c1-30-11-24-19(29-30)13-4-3-5-14(18(13)32-2)25-15-10-16(26-21(31)12-6-7-12)27-28-17(15)20-22-8-9-23-20/h3-5,8-12H,6-7H2,1-2H3,(H,22,23)(H2,25,26,27,31). The Hall–Kier alpha value is -4.28. The first-order valence-corrected chi connectivity index (χ1v) is 10.1. The summed E-state index contributed by atoms with van der Waals surface area (Å²) < 4.78 is 7.33. The first-order chi connectivity index (χ1) is 15.6. The van der Waals surface area contributed by atoms with Crippen LogP contribution in [-0.2, 0) is 11.8 Å². The van der Waals surface area contributed by atoms with Crippen LogP contribution in [0.1, 0.15) is 12.8 Å². The van der Waals surface area contributed by atoms with Gasteiger partial charge in [0, 0.05) is 31.4 Å². The number of para-hydroxylation sites is 1. The van der Waals surface area contributed by atoms with Crippen molar-refractivity contribution in [2.75, 3.05) is 17.7 Å². The fourth-order valence-corrected chi connectivity index (χ4v) is 3.33. The largest absolute Gasteiger partial charge is 0.494 e. The van der Waals surface area contributed by atoms with Crippen molar-refractivity contribution in [1.82, 2.24) is 34.9 Å². The summed E-state index contributed by atoms with van der Waals surface area (Å²) in [6.45, 7) is 0. The van der Waals surface area contributed by atoms with Crippen LogP contribution in [0.5, 0.6) is 5.75 Å². The highest BCUT2D eigenvalue weighted by Gasteiger charge is 2.30. The Balaban J connectivity index is 1.54. The van der Waals surface area contributed by atoms with Crippen molar-refractivity contribution in [3.63, 3.8) is 0 Å². The zero-order valence-electron chi connectivity index (χ0n) is 17.5. The second-order valence-electron chi connectivity index (χ2n) is 7.45. The second kappa shape index (κ2) is 8.10. The summed E-state index contributed by atoms with van der Waals surface area (Å²) in [4.78, 5) is 23.9. The van der Waals surface area contributed by atoms with Gasteiger partial charge in [0.15, 0.2) is 28.9 Å². The summed E-state index contributed by atoms with van der Waals surface area (Å²) >= 11 is 0. The van der Waals surface area contributed by atoms with E-state index in [4.69, 9.17) is 4.74 Å². The Labute approximate surface area is 183 Å². The molecule has 32 heavy (non-hydrogen) atoms. The number of aryl methyl sites for hydroxylation is 1. The molecule has 5 rings (SSSR count). The van der Waals surface area contributed by atoms with Gasteiger partial charge in [0.2, 0.25) is 5.91 Å². The van der Waals surface area contributed by atoms with Gasteiger partial charge in [-0.05, 0) is 25.0 Å². The number of imidazole rings is 1. The molecule has 3 aromatic heterocycles. The van der Waals surface area contributed by atoms with Gasteiger partial charge in [-0.15, -0.1) is 10.2 Å². The Morgan fingerprint density at radius 1 is 1.22 bits per heavy atom. The van der Waals surface area contributed by atoms with E-state index in [0.29, 0.717) is 40.3 Å². The SMILES string of the molecule is COc1c(Nc2cc(NC(=O)C3CC3)nnc2-c2ncc[nH]2)cccc1-c1ncn(C)n1. The van der Waals surface area contributed by atoms with Crippen LogP contribution in [0.2, 0.25) is 0 Å². The van der Waals surface area contributed by atoms with Gasteiger partial charge in [-0.1, -0.05) is 6.07 Å². The molecule has 11 heteroatoms. The van der Waals surface area contributed by atoms with Crippen LogP contribution in [0.15, 0.2) is 43.0 Å². The molecule has 0 bridgehead atoms. The number of aromatic amines is 1. The van der Waals surface area contributed by atoms with Crippen LogP contribution in [0, 0.1) is 5.92 Å². The van der Waals surface area contributed by atoms with Crippen molar-refractivity contribution >= 4 is 23.1 Å². The Kier molecular flexibility index (Phi) is 4.98. The van der Waals surface area contributed by atoms with Crippen LogP contribution in [0.4, 0.5) is 17.2 Å². The van der Waals surface area contributed by atoms with Crippen molar-refractivity contribution in [3.8, 4) is 28.7 Å². The average Bonchev–Trinajstić information content (AvgIpc) is 3.34. The summed E-state index contributed by atoms with van der Waals surface area (Å²) in [5.74, 6) is 2.04. The lowest BCUT2D eigenvalue weighted by atomic mass is 10.1. The predicted octanol–water partition coefficient (Wildman–Crippen LogP) is 2.76. The number of ether oxygens (including phenoxy) is 1. The van der Waals surface area contributed by atoms with Crippen molar-refractivity contribution in [2.45, 2.75) is 12.8 Å². The number of rotatable bonds is 7. The number of hydrogen-bond donors (Lipinski definition) is 3. The highest BCUT2D eigenvalue weighted by Crippen LogP contribution is 2.38. The summed E-state index contributed by atoms with van der Waals surface area (Å²) in [7, 11) is 3.40. The quantitative estimate of drug-likeness (QED) is 0.406. The van der Waals surface area contributed by atoms with Gasteiger partial charge in [-0.25, -0.2) is 9.97 Å². The van der Waals surface area contributed by atoms with E-state index in [9.17, 15) is 4.79 Å². The van der Waals surface area contributed by atoms with E-state index in [1.54, 1.807) is 43.6 Å². The number of amides is 1. The molecular formula is C21H21N9O2. The van der Waals surface area contributed by atoms with Crippen molar-refractivity contribution < 1.29 is 9.53 Å². The Morgan fingerprint density at radius 2 is 2.09 bits per heavy atom. The molecular weight excluding hydrogens is 410 g/mol. The molecule has 0 atom stereocenters. The lowest BCUT2D eigenvalue weighted by molar-refractivity contribution is -0.117. The molecule has 1 aliphatic rings. The maximum absolute atomic E-state index is 12.2. The van der Waals surface area contributed by atoms with E-state index < -0.39 is 0 Å². The van der Waals surface area contributed by atoms with Gasteiger partial charge < -0.3 is 20.4 Å². The number of nitrogens with zero attached hydrogens (tertiary/aromatic N) is 6. The van der Waals surface area contributed by atoms with E-state index >= 15 is 0 Å². The van der Waals surface area contributed by atoms with Gasteiger partial charge in [-0.3, -0.25) is 9.48 Å². The van der Waals surface area contributed by atoms with E-state index in [1.165, 1.54) is 0 Å². The smallest absolute Gasteiger partial charge is 0.228 e. The van der Waals surface area contributed by atoms with Crippen LogP contribution in [0.25, 0.3) is 22.9 Å². The van der Waals surface area contributed by atoms with E-state index in [1.807, 2.05) is 18.2 Å². The molecule has 0 aliphatic heterocycles. The fourth-order valence-electron chi connectivity index (χ4n) is 3.33. The maximum Gasteiger partial charge on any atom is 0.228 e. The molecule has 0 spiro atoms. The summed E-state index contributed by atoms with van der Waals surface area (Å²) in [5.41, 5.74) is 2.52. The number of benzene rings is 1. The first kappa shape index (κ1) is 19.7. The summed E-state index contributed by atoms with van der Waals surface area (Å²) in [6.07, 6.45) is 6.78. The zero-order chi connectivity index (χ0) is 22.1. The van der Waals surface area contributed by atoms with Gasteiger partial charge in [-0.2, -0.15) is 5.10 Å². The molecule has 4 aromatic rings. The third kappa shape index (κ3) is 3.87. The van der Waals surface area contributed by atoms with Crippen LogP contribution >= 0.6 is 0 Å². The molecule has 1 saturated carbocycles. The molecule has 162 valence electrons. The topological polar surface area (TPSA) is 136 Å². The molecule has 1 aliphatic carbocycles. The third-order valence-corrected chi connectivity index (χ3v) is 5.04. The highest BCUT2D eigenvalue weighted by molar-refractivity contribution is 5.94. The second-order valence-corrected chi connectivity index (χ2v) is 7.45. The summed E-state index contributed by atoms with van der Waals surface area (Å²) in [5, 5.41) is 19.0. The maximum atomic E-state index is 12.2. The number of methoxy groups -OCH3 is 1. The molecule has 0 unspecified atom stereocenters. The van der Waals surface area contributed by atoms with Crippen molar-refractivity contribution in [2.24, 2.45) is 13.0 Å². The lowest BCUT2D eigenvalue weighted by Gasteiger charge is -2.16. The number of carbonyl (C=O) groups is 1.